The van der Waals surface area contributed by atoms with Crippen molar-refractivity contribution in [2.24, 2.45) is 0 Å². The lowest BCUT2D eigenvalue weighted by molar-refractivity contribution is -0.136. The number of methoxy groups -OCH3 is 1. The Morgan fingerprint density at radius 3 is 2.63 bits per heavy atom. The molecule has 2 unspecified atom stereocenters. The molecule has 2 atom stereocenters. The lowest BCUT2D eigenvalue weighted by Crippen LogP contribution is -2.18. The molecule has 6 heteroatoms. The molecule has 0 aliphatic rings. The monoisotopic (exact) mass is 288 g/mol. The molecule has 0 spiro atoms. The zero-order valence-corrected chi connectivity index (χ0v) is 11.3. The van der Waals surface area contributed by atoms with Gasteiger partial charge in [-0.2, -0.15) is 0 Å². The highest BCUT2D eigenvalue weighted by Gasteiger charge is 2.19. The number of hydrogen-bond donors (Lipinski definition) is 3. The highest BCUT2D eigenvalue weighted by atomic mass is 35.5. The Kier molecular flexibility index (Phi) is 6.08. The van der Waals surface area contributed by atoms with E-state index in [1.807, 2.05) is 0 Å². The quantitative estimate of drug-likeness (QED) is 0.659. The van der Waals surface area contributed by atoms with Crippen LogP contribution in [-0.2, 0) is 11.2 Å². The van der Waals surface area contributed by atoms with E-state index in [0.717, 1.165) is 0 Å². The normalized spacial score (nSPS) is 13.9. The average Bonchev–Trinajstić information content (AvgIpc) is 2.38. The number of aliphatic hydroxyl groups excluding tert-OH is 2. The van der Waals surface area contributed by atoms with Crippen molar-refractivity contribution >= 4 is 17.6 Å². The van der Waals surface area contributed by atoms with E-state index in [1.54, 1.807) is 12.1 Å². The summed E-state index contributed by atoms with van der Waals surface area (Å²) < 4.78 is 5.09. The standard InChI is InChI=1S/C13H17ClO5/c1-19-11-6-9(13(18)10(15)4-5-14)3-2-8(11)7-12(16)17/h2-3,6,10,13,15,18H,4-5,7H2,1H3,(H,16,17). The predicted octanol–water partition coefficient (Wildman–Crippen LogP) is 1.35. The van der Waals surface area contributed by atoms with E-state index in [4.69, 9.17) is 21.4 Å². The Morgan fingerprint density at radius 2 is 2.11 bits per heavy atom. The molecule has 1 rings (SSSR count). The summed E-state index contributed by atoms with van der Waals surface area (Å²) in [6.45, 7) is 0. The molecule has 0 amide bonds. The SMILES string of the molecule is COc1cc(C(O)C(O)CCCl)ccc1CC(=O)O. The third-order valence-corrected chi connectivity index (χ3v) is 2.98. The van der Waals surface area contributed by atoms with Gasteiger partial charge in [-0.1, -0.05) is 12.1 Å². The lowest BCUT2D eigenvalue weighted by atomic mass is 9.99. The Balaban J connectivity index is 2.95. The second kappa shape index (κ2) is 7.33. The van der Waals surface area contributed by atoms with E-state index in [9.17, 15) is 15.0 Å². The first kappa shape index (κ1) is 15.8. The molecule has 19 heavy (non-hydrogen) atoms. The average molecular weight is 289 g/mol. The second-order valence-electron chi connectivity index (χ2n) is 4.13. The van der Waals surface area contributed by atoms with Crippen LogP contribution in [0.5, 0.6) is 5.75 Å². The molecular formula is C13H17ClO5. The minimum atomic E-state index is -1.08. The zero-order chi connectivity index (χ0) is 14.4. The highest BCUT2D eigenvalue weighted by Crippen LogP contribution is 2.27. The van der Waals surface area contributed by atoms with Crippen LogP contribution < -0.4 is 4.74 Å². The Bertz CT molecular complexity index is 435. The van der Waals surface area contributed by atoms with Crippen LogP contribution in [0, 0.1) is 0 Å². The van der Waals surface area contributed by atoms with Crippen LogP contribution in [0.15, 0.2) is 18.2 Å². The fourth-order valence-corrected chi connectivity index (χ4v) is 1.97. The molecule has 1 aromatic carbocycles. The molecular weight excluding hydrogens is 272 g/mol. The van der Waals surface area contributed by atoms with E-state index in [-0.39, 0.29) is 18.7 Å². The summed E-state index contributed by atoms with van der Waals surface area (Å²) in [4.78, 5) is 10.7. The molecule has 0 heterocycles. The topological polar surface area (TPSA) is 87.0 Å². The maximum atomic E-state index is 10.7. The fourth-order valence-electron chi connectivity index (χ4n) is 1.75. The Labute approximate surface area is 116 Å². The van der Waals surface area contributed by atoms with Crippen LogP contribution in [0.4, 0.5) is 0 Å². The molecule has 3 N–H and O–H groups in total. The van der Waals surface area contributed by atoms with Crippen LogP contribution in [0.25, 0.3) is 0 Å². The van der Waals surface area contributed by atoms with Crippen LogP contribution >= 0.6 is 11.6 Å². The highest BCUT2D eigenvalue weighted by molar-refractivity contribution is 6.17. The maximum absolute atomic E-state index is 10.7. The largest absolute Gasteiger partial charge is 0.496 e. The van der Waals surface area contributed by atoms with Crippen LogP contribution in [0.1, 0.15) is 23.7 Å². The zero-order valence-electron chi connectivity index (χ0n) is 10.5. The Morgan fingerprint density at radius 1 is 1.42 bits per heavy atom. The van der Waals surface area contributed by atoms with Crippen molar-refractivity contribution in [3.05, 3.63) is 29.3 Å². The van der Waals surface area contributed by atoms with Gasteiger partial charge in [0, 0.05) is 11.4 Å². The maximum Gasteiger partial charge on any atom is 0.307 e. The van der Waals surface area contributed by atoms with Crippen molar-refractivity contribution in [3.63, 3.8) is 0 Å². The number of benzene rings is 1. The van der Waals surface area contributed by atoms with E-state index in [1.165, 1.54) is 13.2 Å². The summed E-state index contributed by atoms with van der Waals surface area (Å²) in [5.74, 6) is -0.349. The molecule has 106 valence electrons. The third-order valence-electron chi connectivity index (χ3n) is 2.76. The van der Waals surface area contributed by atoms with Crippen LogP contribution in [0.2, 0.25) is 0 Å². The van der Waals surface area contributed by atoms with Gasteiger partial charge in [0.15, 0.2) is 0 Å². The number of aliphatic hydroxyl groups is 2. The summed E-state index contributed by atoms with van der Waals surface area (Å²) in [5, 5.41) is 28.4. The van der Waals surface area contributed by atoms with Crippen molar-refractivity contribution < 1.29 is 24.9 Å². The van der Waals surface area contributed by atoms with Gasteiger partial charge in [0.05, 0.1) is 19.6 Å². The number of aliphatic carboxylic acids is 1. The number of carbonyl (C=O) groups is 1. The van der Waals surface area contributed by atoms with Gasteiger partial charge in [0.1, 0.15) is 11.9 Å². The molecule has 5 nitrogen and oxygen atoms in total. The van der Waals surface area contributed by atoms with Gasteiger partial charge in [-0.3, -0.25) is 4.79 Å². The van der Waals surface area contributed by atoms with Crippen molar-refractivity contribution in [2.45, 2.75) is 25.0 Å². The fraction of sp³-hybridized carbons (Fsp3) is 0.462. The first-order valence-corrected chi connectivity index (χ1v) is 6.33. The summed E-state index contributed by atoms with van der Waals surface area (Å²) in [6.07, 6.45) is -1.94. The van der Waals surface area contributed by atoms with E-state index in [0.29, 0.717) is 16.9 Å². The number of alkyl halides is 1. The smallest absolute Gasteiger partial charge is 0.307 e. The Hall–Kier alpha value is -1.30. The van der Waals surface area contributed by atoms with Gasteiger partial charge < -0.3 is 20.1 Å². The van der Waals surface area contributed by atoms with E-state index >= 15 is 0 Å². The van der Waals surface area contributed by atoms with Gasteiger partial charge in [-0.25, -0.2) is 0 Å². The molecule has 0 aliphatic heterocycles. The summed E-state index contributed by atoms with van der Waals surface area (Å²) >= 11 is 5.51. The predicted molar refractivity (Wildman–Crippen MR) is 70.6 cm³/mol. The minimum absolute atomic E-state index is 0.163. The number of hydrogen-bond acceptors (Lipinski definition) is 4. The van der Waals surface area contributed by atoms with Crippen molar-refractivity contribution in [2.75, 3.05) is 13.0 Å². The molecule has 0 bridgehead atoms. The van der Waals surface area contributed by atoms with Crippen molar-refractivity contribution in [1.82, 2.24) is 0 Å². The van der Waals surface area contributed by atoms with Crippen molar-refractivity contribution in [1.29, 1.82) is 0 Å². The summed E-state index contributed by atoms with van der Waals surface area (Å²) in [6, 6.07) is 4.67. The first-order chi connectivity index (χ1) is 8.99. The van der Waals surface area contributed by atoms with E-state index < -0.39 is 18.2 Å². The third kappa shape index (κ3) is 4.38. The van der Waals surface area contributed by atoms with Gasteiger partial charge in [0.2, 0.25) is 0 Å². The van der Waals surface area contributed by atoms with E-state index in [2.05, 4.69) is 0 Å². The van der Waals surface area contributed by atoms with Crippen LogP contribution in [-0.4, -0.2) is 40.4 Å². The number of rotatable bonds is 7. The van der Waals surface area contributed by atoms with Crippen molar-refractivity contribution in [3.8, 4) is 5.75 Å². The van der Waals surface area contributed by atoms with Crippen LogP contribution in [0.3, 0.4) is 0 Å². The molecule has 0 saturated heterocycles. The molecule has 0 aliphatic carbocycles. The van der Waals surface area contributed by atoms with Gasteiger partial charge in [-0.15, -0.1) is 11.6 Å². The molecule has 0 radical (unpaired) electrons. The van der Waals surface area contributed by atoms with Gasteiger partial charge in [-0.05, 0) is 18.1 Å². The number of halogens is 1. The first-order valence-electron chi connectivity index (χ1n) is 5.80. The van der Waals surface area contributed by atoms with Gasteiger partial charge in [0.25, 0.3) is 0 Å². The minimum Gasteiger partial charge on any atom is -0.496 e. The summed E-state index contributed by atoms with van der Waals surface area (Å²) in [7, 11) is 1.42. The molecule has 0 saturated carbocycles. The van der Waals surface area contributed by atoms with Gasteiger partial charge >= 0.3 is 5.97 Å². The lowest BCUT2D eigenvalue weighted by Gasteiger charge is -2.18. The molecule has 1 aromatic rings. The summed E-state index contributed by atoms with van der Waals surface area (Å²) in [5.41, 5.74) is 0.974. The number of ether oxygens (including phenoxy) is 1. The second-order valence-corrected chi connectivity index (χ2v) is 4.51. The molecule has 0 fully saturated rings. The number of carboxylic acid groups (broad SMARTS) is 1. The number of carboxylic acids is 1. The molecule has 0 aromatic heterocycles.